The van der Waals surface area contributed by atoms with E-state index in [1.807, 2.05) is 41.7 Å². The maximum absolute atomic E-state index is 9.00. The fourth-order valence-corrected chi connectivity index (χ4v) is 2.96. The molecular formula is C23H28N6O4. The zero-order valence-corrected chi connectivity index (χ0v) is 18.9. The molecule has 0 saturated heterocycles. The number of hydrogen-bond donors (Lipinski definition) is 2. The molecule has 0 spiro atoms. The van der Waals surface area contributed by atoms with E-state index in [4.69, 9.17) is 19.8 Å². The van der Waals surface area contributed by atoms with Gasteiger partial charge in [0.25, 0.3) is 11.9 Å². The molecule has 4 aromatic rings. The molecule has 4 rings (SSSR count). The lowest BCUT2D eigenvalue weighted by Gasteiger charge is -2.11. The van der Waals surface area contributed by atoms with E-state index in [1.165, 1.54) is 5.56 Å². The van der Waals surface area contributed by atoms with Crippen LogP contribution in [0.2, 0.25) is 0 Å². The molecule has 2 N–H and O–H groups in total. The molecule has 1 aromatic carbocycles. The van der Waals surface area contributed by atoms with Crippen LogP contribution in [0.5, 0.6) is 0 Å². The Kier molecular flexibility index (Phi) is 9.56. The second-order valence-corrected chi connectivity index (χ2v) is 6.97. The van der Waals surface area contributed by atoms with Crippen LogP contribution in [-0.2, 0) is 29.2 Å². The first-order valence-corrected chi connectivity index (χ1v) is 10.3. The number of rotatable bonds is 6. The van der Waals surface area contributed by atoms with Crippen LogP contribution in [-0.4, -0.2) is 51.0 Å². The van der Waals surface area contributed by atoms with Crippen LogP contribution in [0.3, 0.4) is 0 Å². The van der Waals surface area contributed by atoms with Gasteiger partial charge < -0.3 is 19.3 Å². The van der Waals surface area contributed by atoms with Crippen molar-refractivity contribution in [2.45, 2.75) is 40.4 Å². The number of hydrogen-bond acceptors (Lipinski definition) is 5. The summed E-state index contributed by atoms with van der Waals surface area (Å²) in [6.07, 6.45) is 11.6. The van der Waals surface area contributed by atoms with Gasteiger partial charge in [-0.25, -0.2) is 9.97 Å². The van der Waals surface area contributed by atoms with Crippen LogP contribution in [0, 0.1) is 0 Å². The number of carbonyl (C=O) groups is 2. The summed E-state index contributed by atoms with van der Waals surface area (Å²) < 4.78 is 6.15. The van der Waals surface area contributed by atoms with Crippen molar-refractivity contribution in [1.82, 2.24) is 28.9 Å². The van der Waals surface area contributed by atoms with E-state index in [0.717, 1.165) is 44.0 Å². The van der Waals surface area contributed by atoms with Crippen molar-refractivity contribution in [3.05, 3.63) is 78.9 Å². The lowest BCUT2D eigenvalue weighted by Crippen LogP contribution is -2.06. The minimum absolute atomic E-state index is 0.707. The number of nitrogens with zero attached hydrogens (tertiary/aromatic N) is 6. The van der Waals surface area contributed by atoms with E-state index in [0.29, 0.717) is 6.54 Å². The normalized spacial score (nSPS) is 9.91. The quantitative estimate of drug-likeness (QED) is 0.459. The van der Waals surface area contributed by atoms with Crippen molar-refractivity contribution in [3.8, 4) is 11.4 Å². The van der Waals surface area contributed by atoms with Gasteiger partial charge in [0.2, 0.25) is 0 Å². The van der Waals surface area contributed by atoms with Crippen LogP contribution in [0.1, 0.15) is 32.0 Å². The molecule has 0 atom stereocenters. The van der Waals surface area contributed by atoms with Crippen molar-refractivity contribution >= 4 is 11.9 Å². The first-order valence-electron chi connectivity index (χ1n) is 10.3. The number of imidazole rings is 2. The summed E-state index contributed by atoms with van der Waals surface area (Å²) >= 11 is 0. The standard InChI is InChI=1S/C19H20N6.2C2H4O2/c1-2-23-13-17(21-15-23)14-24-11-9-20-19(24)18-7-4-3-6-16(18)12-25-10-5-8-22-25;2*1-2(3)4/h3-11,13,15H,2,12,14H2,1H3;2*1H3,(H,3,4). The maximum atomic E-state index is 9.00. The van der Waals surface area contributed by atoms with Gasteiger partial charge in [-0.3, -0.25) is 14.3 Å². The van der Waals surface area contributed by atoms with Gasteiger partial charge in [-0.1, -0.05) is 24.3 Å². The smallest absolute Gasteiger partial charge is 0.300 e. The molecule has 10 nitrogen and oxygen atoms in total. The summed E-state index contributed by atoms with van der Waals surface area (Å²) in [5.41, 5.74) is 3.35. The van der Waals surface area contributed by atoms with Crippen molar-refractivity contribution in [1.29, 1.82) is 0 Å². The Labute approximate surface area is 191 Å². The highest BCUT2D eigenvalue weighted by Gasteiger charge is 2.12. The monoisotopic (exact) mass is 452 g/mol. The number of carboxylic acid groups (broad SMARTS) is 2. The Morgan fingerprint density at radius 1 is 0.939 bits per heavy atom. The largest absolute Gasteiger partial charge is 0.481 e. The predicted molar refractivity (Wildman–Crippen MR) is 123 cm³/mol. The minimum Gasteiger partial charge on any atom is -0.481 e. The van der Waals surface area contributed by atoms with E-state index in [1.54, 1.807) is 6.20 Å². The fourth-order valence-electron chi connectivity index (χ4n) is 2.96. The van der Waals surface area contributed by atoms with Gasteiger partial charge in [-0.2, -0.15) is 5.10 Å². The van der Waals surface area contributed by atoms with Gasteiger partial charge in [0.05, 0.1) is 25.1 Å². The number of carboxylic acids is 2. The lowest BCUT2D eigenvalue weighted by atomic mass is 10.1. The molecule has 3 heterocycles. The topological polar surface area (TPSA) is 128 Å². The first-order chi connectivity index (χ1) is 15.8. The van der Waals surface area contributed by atoms with Crippen LogP contribution >= 0.6 is 0 Å². The molecule has 0 aliphatic rings. The third kappa shape index (κ3) is 8.44. The molecule has 0 fully saturated rings. The highest BCUT2D eigenvalue weighted by molar-refractivity contribution is 5.63. The predicted octanol–water partition coefficient (Wildman–Crippen LogP) is 3.24. The maximum Gasteiger partial charge on any atom is 0.300 e. The molecule has 0 aliphatic heterocycles. The zero-order valence-electron chi connectivity index (χ0n) is 18.9. The summed E-state index contributed by atoms with van der Waals surface area (Å²) in [6.45, 7) is 6.63. The van der Waals surface area contributed by atoms with Gasteiger partial charge >= 0.3 is 0 Å². The third-order valence-corrected chi connectivity index (χ3v) is 4.25. The Balaban J connectivity index is 0.000000420. The van der Waals surface area contributed by atoms with Crippen molar-refractivity contribution in [2.75, 3.05) is 0 Å². The molecular weight excluding hydrogens is 424 g/mol. The van der Waals surface area contributed by atoms with E-state index in [2.05, 4.69) is 55.5 Å². The molecule has 3 aromatic heterocycles. The second-order valence-electron chi connectivity index (χ2n) is 6.97. The molecule has 174 valence electrons. The Morgan fingerprint density at radius 3 is 2.24 bits per heavy atom. The Morgan fingerprint density at radius 2 is 1.64 bits per heavy atom. The minimum atomic E-state index is -0.833. The molecule has 0 radical (unpaired) electrons. The lowest BCUT2D eigenvalue weighted by molar-refractivity contribution is -0.135. The third-order valence-electron chi connectivity index (χ3n) is 4.25. The van der Waals surface area contributed by atoms with E-state index in [-0.39, 0.29) is 0 Å². The average Bonchev–Trinajstić information content (AvgIpc) is 3.50. The summed E-state index contributed by atoms with van der Waals surface area (Å²) in [5, 5.41) is 19.1. The summed E-state index contributed by atoms with van der Waals surface area (Å²) in [5.74, 6) is -0.714. The highest BCUT2D eigenvalue weighted by atomic mass is 16.4. The Hall–Kier alpha value is -4.21. The van der Waals surface area contributed by atoms with Gasteiger partial charge in [0, 0.05) is 56.9 Å². The van der Waals surface area contributed by atoms with Crippen LogP contribution in [0.15, 0.2) is 67.6 Å². The highest BCUT2D eigenvalue weighted by Crippen LogP contribution is 2.23. The van der Waals surface area contributed by atoms with Crippen LogP contribution in [0.25, 0.3) is 11.4 Å². The molecule has 0 amide bonds. The Bertz CT molecular complexity index is 1130. The van der Waals surface area contributed by atoms with E-state index >= 15 is 0 Å². The summed E-state index contributed by atoms with van der Waals surface area (Å²) in [4.78, 5) is 27.1. The van der Waals surface area contributed by atoms with Gasteiger partial charge in [0.1, 0.15) is 5.82 Å². The number of aromatic nitrogens is 6. The van der Waals surface area contributed by atoms with Gasteiger partial charge in [-0.05, 0) is 18.6 Å². The molecule has 10 heteroatoms. The number of aliphatic carboxylic acids is 2. The molecule has 0 bridgehead atoms. The molecule has 0 unspecified atom stereocenters. The van der Waals surface area contributed by atoms with Crippen LogP contribution in [0.4, 0.5) is 0 Å². The molecule has 33 heavy (non-hydrogen) atoms. The SMILES string of the molecule is CC(=O)O.CC(=O)O.CCn1cnc(Cn2ccnc2-c2ccccc2Cn2cccn2)c1. The van der Waals surface area contributed by atoms with Gasteiger partial charge in [-0.15, -0.1) is 0 Å². The average molecular weight is 453 g/mol. The summed E-state index contributed by atoms with van der Waals surface area (Å²) in [6, 6.07) is 10.3. The van der Waals surface area contributed by atoms with Crippen molar-refractivity contribution in [2.24, 2.45) is 0 Å². The van der Waals surface area contributed by atoms with E-state index < -0.39 is 11.9 Å². The second kappa shape index (κ2) is 12.6. The fraction of sp³-hybridized carbons (Fsp3) is 0.261. The molecule has 0 aliphatic carbocycles. The summed E-state index contributed by atoms with van der Waals surface area (Å²) in [7, 11) is 0. The molecule has 0 saturated carbocycles. The van der Waals surface area contributed by atoms with Gasteiger partial charge in [0.15, 0.2) is 0 Å². The number of aryl methyl sites for hydroxylation is 1. The number of benzene rings is 1. The first kappa shape index (κ1) is 25.1. The van der Waals surface area contributed by atoms with Crippen molar-refractivity contribution in [3.63, 3.8) is 0 Å². The van der Waals surface area contributed by atoms with Crippen LogP contribution < -0.4 is 0 Å². The van der Waals surface area contributed by atoms with Crippen molar-refractivity contribution < 1.29 is 19.8 Å². The zero-order chi connectivity index (χ0) is 24.2. The van der Waals surface area contributed by atoms with E-state index in [9.17, 15) is 0 Å².